The number of aryl methyl sites for hydroxylation is 1. The maximum atomic E-state index is 11.0. The average molecular weight is 270 g/mol. The molecule has 0 aliphatic rings. The van der Waals surface area contributed by atoms with Gasteiger partial charge in [-0.2, -0.15) is 0 Å². The molecule has 0 spiro atoms. The number of hydrogen-bond donors (Lipinski definition) is 0. The van der Waals surface area contributed by atoms with Gasteiger partial charge in [-0.25, -0.2) is 8.42 Å². The van der Waals surface area contributed by atoms with Crippen molar-refractivity contribution in [3.8, 4) is 0 Å². The SMILES string of the molecule is Cc1cc(S(=O)(=O)Cl)cc(Cl)c1[N+](=O)[O-]. The van der Waals surface area contributed by atoms with Crippen LogP contribution in [-0.2, 0) is 9.05 Å². The summed E-state index contributed by atoms with van der Waals surface area (Å²) in [5.74, 6) is 0. The third kappa shape index (κ3) is 2.58. The van der Waals surface area contributed by atoms with Crippen molar-refractivity contribution in [1.82, 2.24) is 0 Å². The van der Waals surface area contributed by atoms with E-state index in [1.807, 2.05) is 0 Å². The van der Waals surface area contributed by atoms with Crippen LogP contribution in [0.25, 0.3) is 0 Å². The molecule has 0 radical (unpaired) electrons. The van der Waals surface area contributed by atoms with E-state index in [4.69, 9.17) is 22.3 Å². The van der Waals surface area contributed by atoms with E-state index in [1.165, 1.54) is 6.92 Å². The van der Waals surface area contributed by atoms with Crippen molar-refractivity contribution < 1.29 is 13.3 Å². The summed E-state index contributed by atoms with van der Waals surface area (Å²) in [6, 6.07) is 2.06. The number of hydrogen-bond acceptors (Lipinski definition) is 4. The maximum Gasteiger partial charge on any atom is 0.290 e. The van der Waals surface area contributed by atoms with Gasteiger partial charge in [-0.05, 0) is 19.1 Å². The van der Waals surface area contributed by atoms with Crippen molar-refractivity contribution in [2.45, 2.75) is 11.8 Å². The molecule has 1 aromatic carbocycles. The normalized spacial score (nSPS) is 11.4. The first-order valence-corrected chi connectivity index (χ1v) is 6.31. The zero-order valence-corrected chi connectivity index (χ0v) is 9.73. The molecule has 0 aliphatic heterocycles. The van der Waals surface area contributed by atoms with Gasteiger partial charge in [0.2, 0.25) is 0 Å². The van der Waals surface area contributed by atoms with E-state index in [0.717, 1.165) is 12.1 Å². The second-order valence-corrected chi connectivity index (χ2v) is 5.74. The summed E-state index contributed by atoms with van der Waals surface area (Å²) < 4.78 is 21.9. The third-order valence-electron chi connectivity index (χ3n) is 1.69. The molecule has 0 saturated carbocycles. The number of nitro groups is 1. The van der Waals surface area contributed by atoms with Gasteiger partial charge < -0.3 is 0 Å². The monoisotopic (exact) mass is 269 g/mol. The Kier molecular flexibility index (Phi) is 3.22. The molecule has 1 rings (SSSR count). The number of nitro benzene ring substituents is 1. The summed E-state index contributed by atoms with van der Waals surface area (Å²) in [5.41, 5.74) is -0.174. The maximum absolute atomic E-state index is 11.0. The zero-order valence-electron chi connectivity index (χ0n) is 7.40. The standard InChI is InChI=1S/C7H5Cl2NO4S/c1-4-2-5(15(9,13)14)3-6(8)7(4)10(11)12/h2-3H,1H3. The highest BCUT2D eigenvalue weighted by molar-refractivity contribution is 8.13. The first-order chi connectivity index (χ1) is 6.73. The van der Waals surface area contributed by atoms with Gasteiger partial charge in [-0.3, -0.25) is 10.1 Å². The lowest BCUT2D eigenvalue weighted by atomic mass is 10.2. The van der Waals surface area contributed by atoms with Gasteiger partial charge in [0, 0.05) is 16.2 Å². The third-order valence-corrected chi connectivity index (χ3v) is 3.31. The lowest BCUT2D eigenvalue weighted by Crippen LogP contribution is -1.97. The molecule has 8 heteroatoms. The molecule has 0 bridgehead atoms. The molecule has 0 fully saturated rings. The number of nitrogens with zero attached hydrogens (tertiary/aromatic N) is 1. The molecular formula is C7H5Cl2NO4S. The van der Waals surface area contributed by atoms with Crippen LogP contribution in [0.1, 0.15) is 5.56 Å². The fourth-order valence-corrected chi connectivity index (χ4v) is 2.32. The minimum absolute atomic E-state index is 0.145. The van der Waals surface area contributed by atoms with Crippen LogP contribution in [0, 0.1) is 17.0 Å². The zero-order chi connectivity index (χ0) is 11.8. The van der Waals surface area contributed by atoms with E-state index >= 15 is 0 Å². The smallest absolute Gasteiger partial charge is 0.258 e. The predicted molar refractivity (Wildman–Crippen MR) is 55.9 cm³/mol. The van der Waals surface area contributed by atoms with Crippen LogP contribution in [0.15, 0.2) is 17.0 Å². The Labute approximate surface area is 95.2 Å². The summed E-state index contributed by atoms with van der Waals surface area (Å²) in [4.78, 5) is 9.61. The van der Waals surface area contributed by atoms with Crippen LogP contribution < -0.4 is 0 Å². The molecule has 5 nitrogen and oxygen atoms in total. The Morgan fingerprint density at radius 2 is 1.93 bits per heavy atom. The highest BCUT2D eigenvalue weighted by Gasteiger charge is 2.21. The Hall–Kier alpha value is -0.850. The van der Waals surface area contributed by atoms with E-state index < -0.39 is 14.0 Å². The van der Waals surface area contributed by atoms with Crippen LogP contribution in [0.5, 0.6) is 0 Å². The van der Waals surface area contributed by atoms with E-state index in [9.17, 15) is 18.5 Å². The van der Waals surface area contributed by atoms with Crippen molar-refractivity contribution in [2.75, 3.05) is 0 Å². The molecule has 0 amide bonds. The lowest BCUT2D eigenvalue weighted by Gasteiger charge is -2.02. The summed E-state index contributed by atoms with van der Waals surface area (Å²) in [6.07, 6.45) is 0. The molecule has 0 saturated heterocycles. The van der Waals surface area contributed by atoms with Gasteiger partial charge in [-0.15, -0.1) is 0 Å². The highest BCUT2D eigenvalue weighted by Crippen LogP contribution is 2.31. The van der Waals surface area contributed by atoms with Gasteiger partial charge in [0.05, 0.1) is 9.82 Å². The first-order valence-electron chi connectivity index (χ1n) is 3.62. The van der Waals surface area contributed by atoms with Crippen LogP contribution in [-0.4, -0.2) is 13.3 Å². The summed E-state index contributed by atoms with van der Waals surface area (Å²) >= 11 is 5.57. The van der Waals surface area contributed by atoms with Gasteiger partial charge in [0.25, 0.3) is 14.7 Å². The van der Waals surface area contributed by atoms with Gasteiger partial charge >= 0.3 is 0 Å². The molecule has 0 N–H and O–H groups in total. The van der Waals surface area contributed by atoms with Crippen molar-refractivity contribution in [1.29, 1.82) is 0 Å². The van der Waals surface area contributed by atoms with E-state index in [1.54, 1.807) is 0 Å². The predicted octanol–water partition coefficient (Wildman–Crippen LogP) is 2.48. The number of rotatable bonds is 2. The molecule has 0 aromatic heterocycles. The summed E-state index contributed by atoms with van der Waals surface area (Å²) in [7, 11) is 1.15. The molecule has 15 heavy (non-hydrogen) atoms. The minimum Gasteiger partial charge on any atom is -0.258 e. The Morgan fingerprint density at radius 3 is 2.27 bits per heavy atom. The fraction of sp³-hybridized carbons (Fsp3) is 0.143. The van der Waals surface area contributed by atoms with Crippen molar-refractivity contribution in [3.63, 3.8) is 0 Å². The van der Waals surface area contributed by atoms with E-state index in [0.29, 0.717) is 0 Å². The molecule has 0 unspecified atom stereocenters. The van der Waals surface area contributed by atoms with Crippen LogP contribution in [0.3, 0.4) is 0 Å². The molecule has 1 aromatic rings. The molecular weight excluding hydrogens is 265 g/mol. The topological polar surface area (TPSA) is 77.3 Å². The minimum atomic E-state index is -3.93. The Morgan fingerprint density at radius 1 is 1.40 bits per heavy atom. The van der Waals surface area contributed by atoms with Crippen molar-refractivity contribution in [2.24, 2.45) is 0 Å². The summed E-state index contributed by atoms with van der Waals surface area (Å²) in [6.45, 7) is 1.38. The van der Waals surface area contributed by atoms with Gasteiger partial charge in [0.1, 0.15) is 5.02 Å². The van der Waals surface area contributed by atoms with E-state index in [-0.39, 0.29) is 21.2 Å². The highest BCUT2D eigenvalue weighted by atomic mass is 35.7. The molecule has 0 heterocycles. The first kappa shape index (κ1) is 12.2. The summed E-state index contributed by atoms with van der Waals surface area (Å²) in [5, 5.41) is 10.3. The van der Waals surface area contributed by atoms with Crippen LogP contribution in [0.2, 0.25) is 5.02 Å². The number of halogens is 2. The Balaban J connectivity index is 3.52. The fourth-order valence-electron chi connectivity index (χ4n) is 1.08. The van der Waals surface area contributed by atoms with Gasteiger partial charge in [0.15, 0.2) is 0 Å². The quantitative estimate of drug-likeness (QED) is 0.470. The molecule has 0 atom stereocenters. The van der Waals surface area contributed by atoms with Crippen molar-refractivity contribution >= 4 is 37.0 Å². The second-order valence-electron chi connectivity index (χ2n) is 2.77. The van der Waals surface area contributed by atoms with Gasteiger partial charge in [-0.1, -0.05) is 11.6 Å². The Bertz CT molecular complexity index is 503. The van der Waals surface area contributed by atoms with Crippen LogP contribution in [0.4, 0.5) is 5.69 Å². The van der Waals surface area contributed by atoms with Crippen molar-refractivity contribution in [3.05, 3.63) is 32.8 Å². The number of benzene rings is 1. The largest absolute Gasteiger partial charge is 0.290 e. The second kappa shape index (κ2) is 3.96. The average Bonchev–Trinajstić information content (AvgIpc) is 1.99. The van der Waals surface area contributed by atoms with Crippen LogP contribution >= 0.6 is 22.3 Å². The molecule has 0 aliphatic carbocycles. The molecule has 82 valence electrons. The lowest BCUT2D eigenvalue weighted by molar-refractivity contribution is -0.385. The van der Waals surface area contributed by atoms with E-state index in [2.05, 4.69) is 0 Å².